The highest BCUT2D eigenvalue weighted by Gasteiger charge is 2.52. The number of sulfone groups is 1. The van der Waals surface area contributed by atoms with Gasteiger partial charge in [0.05, 0.1) is 17.4 Å². The molecule has 1 aromatic rings. The van der Waals surface area contributed by atoms with Crippen molar-refractivity contribution in [3.63, 3.8) is 0 Å². The average molecular weight is 395 g/mol. The summed E-state index contributed by atoms with van der Waals surface area (Å²) in [5.41, 5.74) is 0. The first-order valence-corrected chi connectivity index (χ1v) is 11.4. The van der Waals surface area contributed by atoms with E-state index in [1.807, 2.05) is 4.90 Å². The van der Waals surface area contributed by atoms with E-state index in [1.165, 1.54) is 6.33 Å². The van der Waals surface area contributed by atoms with Crippen molar-refractivity contribution >= 4 is 21.7 Å². The zero-order valence-electron chi connectivity index (χ0n) is 15.2. The van der Waals surface area contributed by atoms with Gasteiger partial charge in [-0.25, -0.2) is 13.4 Å². The van der Waals surface area contributed by atoms with E-state index >= 15 is 0 Å². The number of aromatic nitrogens is 3. The van der Waals surface area contributed by atoms with Crippen molar-refractivity contribution in [3.05, 3.63) is 12.7 Å². The number of piperidine rings is 1. The fraction of sp³-hybridized carbons (Fsp3) is 0.765. The van der Waals surface area contributed by atoms with Crippen molar-refractivity contribution in [2.24, 2.45) is 11.8 Å². The molecule has 2 amide bonds. The van der Waals surface area contributed by atoms with Crippen LogP contribution in [0.5, 0.6) is 0 Å². The van der Waals surface area contributed by atoms with Gasteiger partial charge >= 0.3 is 0 Å². The van der Waals surface area contributed by atoms with Gasteiger partial charge in [-0.05, 0) is 25.2 Å². The molecule has 0 N–H and O–H groups in total. The van der Waals surface area contributed by atoms with Gasteiger partial charge in [0.15, 0.2) is 9.84 Å². The Labute approximate surface area is 158 Å². The van der Waals surface area contributed by atoms with E-state index in [1.54, 1.807) is 15.9 Å². The number of hydrogen-bond donors (Lipinski definition) is 0. The zero-order chi connectivity index (χ0) is 19.0. The van der Waals surface area contributed by atoms with Crippen molar-refractivity contribution < 1.29 is 18.0 Å². The average Bonchev–Trinajstić information content (AvgIpc) is 3.37. The number of fused-ring (bicyclic) bond motifs is 2. The van der Waals surface area contributed by atoms with Gasteiger partial charge in [0, 0.05) is 38.6 Å². The number of amides is 2. The van der Waals surface area contributed by atoms with Gasteiger partial charge in [-0.15, -0.1) is 0 Å². The number of hydrogen-bond acceptors (Lipinski definition) is 6. The molecule has 0 unspecified atom stereocenters. The molecule has 0 aromatic carbocycles. The van der Waals surface area contributed by atoms with Gasteiger partial charge in [0.2, 0.25) is 11.8 Å². The summed E-state index contributed by atoms with van der Waals surface area (Å²) in [6.07, 6.45) is 6.07. The second-order valence-corrected chi connectivity index (χ2v) is 10.0. The van der Waals surface area contributed by atoms with Crippen LogP contribution < -0.4 is 0 Å². The molecule has 3 aliphatic rings. The summed E-state index contributed by atoms with van der Waals surface area (Å²) < 4.78 is 24.9. The topological polar surface area (TPSA) is 105 Å². The Morgan fingerprint density at radius 2 is 1.93 bits per heavy atom. The predicted octanol–water partition coefficient (Wildman–Crippen LogP) is -0.448. The highest BCUT2D eigenvalue weighted by atomic mass is 32.2. The third kappa shape index (κ3) is 3.71. The van der Waals surface area contributed by atoms with Crippen LogP contribution >= 0.6 is 0 Å². The van der Waals surface area contributed by atoms with Crippen molar-refractivity contribution in [1.29, 1.82) is 0 Å². The maximum Gasteiger partial charge on any atom is 0.228 e. The fourth-order valence-corrected chi connectivity index (χ4v) is 5.88. The summed E-state index contributed by atoms with van der Waals surface area (Å²) in [5.74, 6) is 0.277. The van der Waals surface area contributed by atoms with Crippen molar-refractivity contribution in [3.8, 4) is 0 Å². The lowest BCUT2D eigenvalue weighted by Gasteiger charge is -2.31. The Morgan fingerprint density at radius 3 is 2.63 bits per heavy atom. The molecule has 27 heavy (non-hydrogen) atoms. The van der Waals surface area contributed by atoms with Crippen LogP contribution in [0.25, 0.3) is 0 Å². The van der Waals surface area contributed by atoms with Gasteiger partial charge in [0.1, 0.15) is 12.7 Å². The standard InChI is InChI=1S/C17H25N5O4S/c23-15(2-1-5-21-12-18-11-19-21)22-10-13-3-4-14(22)16(13)17(24)20-6-8-27(25,26)9-7-20/h11-14,16H,1-10H2/t13-,14-,16+/m0/s1. The van der Waals surface area contributed by atoms with Gasteiger partial charge in [-0.3, -0.25) is 14.3 Å². The number of aryl methyl sites for hydroxylation is 1. The molecule has 1 aromatic heterocycles. The Balaban J connectivity index is 1.33. The minimum atomic E-state index is -3.01. The van der Waals surface area contributed by atoms with Gasteiger partial charge in [-0.1, -0.05) is 0 Å². The normalized spacial score (nSPS) is 29.3. The first kappa shape index (κ1) is 18.4. The van der Waals surface area contributed by atoms with Crippen LogP contribution in [0.3, 0.4) is 0 Å². The Kier molecular flexibility index (Phi) is 4.92. The van der Waals surface area contributed by atoms with Gasteiger partial charge in [-0.2, -0.15) is 5.10 Å². The quantitative estimate of drug-likeness (QED) is 0.669. The van der Waals surface area contributed by atoms with Gasteiger partial charge < -0.3 is 9.80 Å². The number of likely N-dealkylation sites (tertiary alicyclic amines) is 1. The summed E-state index contributed by atoms with van der Waals surface area (Å²) in [6.45, 7) is 1.86. The van der Waals surface area contributed by atoms with Crippen molar-refractivity contribution in [2.45, 2.75) is 38.3 Å². The van der Waals surface area contributed by atoms with Crippen LogP contribution in [-0.2, 0) is 26.0 Å². The Bertz CT molecular complexity index is 795. The van der Waals surface area contributed by atoms with Crippen LogP contribution in [0.15, 0.2) is 12.7 Å². The highest BCUT2D eigenvalue weighted by molar-refractivity contribution is 7.91. The Morgan fingerprint density at radius 1 is 1.15 bits per heavy atom. The molecule has 0 radical (unpaired) electrons. The fourth-order valence-electron chi connectivity index (χ4n) is 4.68. The van der Waals surface area contributed by atoms with E-state index in [0.29, 0.717) is 25.9 Å². The molecular weight excluding hydrogens is 370 g/mol. The van der Waals surface area contributed by atoms with E-state index < -0.39 is 9.84 Å². The molecule has 10 heteroatoms. The summed E-state index contributed by atoms with van der Waals surface area (Å²) >= 11 is 0. The molecule has 1 aliphatic carbocycles. The van der Waals surface area contributed by atoms with Crippen LogP contribution in [0.1, 0.15) is 25.7 Å². The number of carbonyl (C=O) groups excluding carboxylic acids is 2. The lowest BCUT2D eigenvalue weighted by atomic mass is 9.96. The third-order valence-electron chi connectivity index (χ3n) is 6.09. The molecule has 0 spiro atoms. The molecule has 9 nitrogen and oxygen atoms in total. The zero-order valence-corrected chi connectivity index (χ0v) is 16.1. The number of nitrogens with zero attached hydrogens (tertiary/aromatic N) is 5. The SMILES string of the molecule is O=C([C@@H]1[C@H]2CC[C@@H]1N(C(=O)CCCn1cncn1)C2)N1CCS(=O)(=O)CC1. The van der Waals surface area contributed by atoms with Crippen LogP contribution in [0, 0.1) is 11.8 Å². The molecular formula is C17H25N5O4S. The second kappa shape index (κ2) is 7.21. The monoisotopic (exact) mass is 395 g/mol. The first-order chi connectivity index (χ1) is 12.9. The number of carbonyl (C=O) groups is 2. The molecule has 2 aliphatic heterocycles. The summed E-state index contributed by atoms with van der Waals surface area (Å²) in [7, 11) is -3.01. The molecule has 2 bridgehead atoms. The van der Waals surface area contributed by atoms with Crippen molar-refractivity contribution in [2.75, 3.05) is 31.1 Å². The molecule has 3 atom stereocenters. The van der Waals surface area contributed by atoms with E-state index in [0.717, 1.165) is 12.8 Å². The summed E-state index contributed by atoms with van der Waals surface area (Å²) in [6, 6.07) is -0.0279. The number of rotatable bonds is 5. The molecule has 1 saturated carbocycles. The minimum Gasteiger partial charge on any atom is -0.340 e. The molecule has 3 fully saturated rings. The van der Waals surface area contributed by atoms with E-state index in [9.17, 15) is 18.0 Å². The maximum atomic E-state index is 13.0. The van der Waals surface area contributed by atoms with Crippen LogP contribution in [0.4, 0.5) is 0 Å². The third-order valence-corrected chi connectivity index (χ3v) is 7.70. The van der Waals surface area contributed by atoms with E-state index in [2.05, 4.69) is 10.1 Å². The largest absolute Gasteiger partial charge is 0.340 e. The first-order valence-electron chi connectivity index (χ1n) is 9.56. The maximum absolute atomic E-state index is 13.0. The van der Waals surface area contributed by atoms with Crippen LogP contribution in [-0.4, -0.2) is 82.0 Å². The highest BCUT2D eigenvalue weighted by Crippen LogP contribution is 2.44. The van der Waals surface area contributed by atoms with E-state index in [-0.39, 0.29) is 54.3 Å². The molecule has 3 heterocycles. The Hall–Kier alpha value is -1.97. The van der Waals surface area contributed by atoms with Crippen LogP contribution in [0.2, 0.25) is 0 Å². The predicted molar refractivity (Wildman–Crippen MR) is 96.2 cm³/mol. The molecule has 4 rings (SSSR count). The summed E-state index contributed by atoms with van der Waals surface area (Å²) in [4.78, 5) is 33.1. The van der Waals surface area contributed by atoms with Gasteiger partial charge in [0.25, 0.3) is 0 Å². The lowest BCUT2D eigenvalue weighted by Crippen LogP contribution is -2.48. The molecule has 2 saturated heterocycles. The lowest BCUT2D eigenvalue weighted by molar-refractivity contribution is -0.137. The summed E-state index contributed by atoms with van der Waals surface area (Å²) in [5, 5.41) is 4.03. The smallest absolute Gasteiger partial charge is 0.228 e. The minimum absolute atomic E-state index is 0.0279. The molecule has 148 valence electrons. The second-order valence-electron chi connectivity index (χ2n) is 7.72. The van der Waals surface area contributed by atoms with E-state index in [4.69, 9.17) is 0 Å². The van der Waals surface area contributed by atoms with Crippen molar-refractivity contribution in [1.82, 2.24) is 24.6 Å².